The lowest BCUT2D eigenvalue weighted by atomic mass is 10.1. The number of para-hydroxylation sites is 1. The molecule has 1 unspecified atom stereocenters. The van der Waals surface area contributed by atoms with Crippen LogP contribution in [-0.2, 0) is 6.18 Å². The molecule has 1 aliphatic heterocycles. The summed E-state index contributed by atoms with van der Waals surface area (Å²) in [7, 11) is 0. The van der Waals surface area contributed by atoms with E-state index in [4.69, 9.17) is 4.42 Å². The molecule has 2 amide bonds. The Morgan fingerprint density at radius 1 is 1.22 bits per heavy atom. The number of rotatable bonds is 5. The summed E-state index contributed by atoms with van der Waals surface area (Å²) < 4.78 is 44.3. The number of furan rings is 1. The van der Waals surface area contributed by atoms with E-state index < -0.39 is 17.8 Å². The van der Waals surface area contributed by atoms with Gasteiger partial charge >= 0.3 is 12.2 Å². The molecular formula is C18H20F3N3O2S. The van der Waals surface area contributed by atoms with Gasteiger partial charge in [0.25, 0.3) is 0 Å². The van der Waals surface area contributed by atoms with Crippen molar-refractivity contribution in [1.29, 1.82) is 0 Å². The van der Waals surface area contributed by atoms with E-state index >= 15 is 0 Å². The monoisotopic (exact) mass is 399 g/mol. The van der Waals surface area contributed by atoms with Gasteiger partial charge in [-0.1, -0.05) is 12.1 Å². The zero-order chi connectivity index (χ0) is 19.3. The topological polar surface area (TPSA) is 57.5 Å². The Hall–Kier alpha value is -2.13. The van der Waals surface area contributed by atoms with E-state index in [1.807, 2.05) is 17.8 Å². The molecule has 5 nitrogen and oxygen atoms in total. The molecule has 1 saturated heterocycles. The Balaban J connectivity index is 1.65. The SMILES string of the molecule is O=C(NCC(c1ccoc1)N1CCSCC1)Nc1ccccc1C(F)(F)F. The molecular weight excluding hydrogens is 379 g/mol. The van der Waals surface area contributed by atoms with Gasteiger partial charge in [0.2, 0.25) is 0 Å². The summed E-state index contributed by atoms with van der Waals surface area (Å²) in [5.74, 6) is 2.00. The number of halogens is 3. The van der Waals surface area contributed by atoms with Gasteiger partial charge in [0.1, 0.15) is 0 Å². The summed E-state index contributed by atoms with van der Waals surface area (Å²) in [6.45, 7) is 2.02. The Bertz CT molecular complexity index is 747. The Labute approximate surface area is 159 Å². The van der Waals surface area contributed by atoms with Crippen molar-refractivity contribution in [3.05, 3.63) is 54.0 Å². The second-order valence-electron chi connectivity index (χ2n) is 6.10. The number of carbonyl (C=O) groups excluding carboxylic acids is 1. The van der Waals surface area contributed by atoms with Gasteiger partial charge < -0.3 is 15.1 Å². The molecule has 1 aromatic carbocycles. The highest BCUT2D eigenvalue weighted by atomic mass is 32.2. The highest BCUT2D eigenvalue weighted by Crippen LogP contribution is 2.34. The number of nitrogens with one attached hydrogen (secondary N) is 2. The van der Waals surface area contributed by atoms with Crippen LogP contribution < -0.4 is 10.6 Å². The number of urea groups is 1. The molecule has 1 atom stereocenters. The van der Waals surface area contributed by atoms with Crippen molar-refractivity contribution in [3.8, 4) is 0 Å². The largest absolute Gasteiger partial charge is 0.472 e. The van der Waals surface area contributed by atoms with Crippen molar-refractivity contribution in [2.75, 3.05) is 36.5 Å². The molecule has 0 radical (unpaired) electrons. The lowest BCUT2D eigenvalue weighted by molar-refractivity contribution is -0.136. The molecule has 9 heteroatoms. The maximum atomic E-state index is 13.1. The third kappa shape index (κ3) is 5.20. The van der Waals surface area contributed by atoms with E-state index in [1.54, 1.807) is 12.5 Å². The first kappa shape index (κ1) is 19.6. The van der Waals surface area contributed by atoms with Crippen molar-refractivity contribution in [1.82, 2.24) is 10.2 Å². The summed E-state index contributed by atoms with van der Waals surface area (Å²) >= 11 is 1.87. The van der Waals surface area contributed by atoms with Crippen LogP contribution in [0.3, 0.4) is 0 Å². The molecule has 1 fully saturated rings. The first-order valence-electron chi connectivity index (χ1n) is 8.50. The van der Waals surface area contributed by atoms with Gasteiger partial charge in [0.15, 0.2) is 0 Å². The minimum atomic E-state index is -4.53. The predicted molar refractivity (Wildman–Crippen MR) is 98.8 cm³/mol. The molecule has 0 bridgehead atoms. The van der Waals surface area contributed by atoms with Crippen molar-refractivity contribution in [2.45, 2.75) is 12.2 Å². The third-order valence-corrected chi connectivity index (χ3v) is 5.29. The highest BCUT2D eigenvalue weighted by Gasteiger charge is 2.33. The Morgan fingerprint density at radius 2 is 1.96 bits per heavy atom. The summed E-state index contributed by atoms with van der Waals surface area (Å²) in [5.41, 5.74) is -0.214. The van der Waals surface area contributed by atoms with E-state index in [1.165, 1.54) is 18.2 Å². The maximum absolute atomic E-state index is 13.1. The van der Waals surface area contributed by atoms with Crippen LogP contribution in [0.2, 0.25) is 0 Å². The quantitative estimate of drug-likeness (QED) is 0.791. The van der Waals surface area contributed by atoms with Gasteiger partial charge in [-0.2, -0.15) is 24.9 Å². The summed E-state index contributed by atoms with van der Waals surface area (Å²) in [6.07, 6.45) is -1.33. The predicted octanol–water partition coefficient (Wildman–Crippen LogP) is 4.21. The van der Waals surface area contributed by atoms with E-state index in [9.17, 15) is 18.0 Å². The Kier molecular flexibility index (Phi) is 6.33. The van der Waals surface area contributed by atoms with Crippen LogP contribution in [0.4, 0.5) is 23.7 Å². The van der Waals surface area contributed by atoms with Gasteiger partial charge in [-0.05, 0) is 18.2 Å². The van der Waals surface area contributed by atoms with Crippen LogP contribution in [0.15, 0.2) is 47.3 Å². The fourth-order valence-corrected chi connectivity index (χ4v) is 3.94. The molecule has 0 aliphatic carbocycles. The minimum absolute atomic E-state index is 0.0896. The summed E-state index contributed by atoms with van der Waals surface area (Å²) in [5, 5.41) is 4.99. The normalized spacial score (nSPS) is 16.7. The lowest BCUT2D eigenvalue weighted by Crippen LogP contribution is -2.43. The standard InChI is InChI=1S/C18H20F3N3O2S/c19-18(20,21)14-3-1-2-4-15(14)23-17(25)22-11-16(13-5-8-26-12-13)24-6-9-27-10-7-24/h1-5,8,12,16H,6-7,9-11H2,(H2,22,23,25). The average molecular weight is 399 g/mol. The van der Waals surface area contributed by atoms with Crippen LogP contribution in [-0.4, -0.2) is 42.1 Å². The number of anilines is 1. The molecule has 3 rings (SSSR count). The van der Waals surface area contributed by atoms with Gasteiger partial charge in [0, 0.05) is 36.7 Å². The molecule has 0 spiro atoms. The maximum Gasteiger partial charge on any atom is 0.418 e. The molecule has 2 heterocycles. The van der Waals surface area contributed by atoms with E-state index in [0.29, 0.717) is 0 Å². The number of nitrogens with zero attached hydrogens (tertiary/aromatic N) is 1. The number of alkyl halides is 3. The highest BCUT2D eigenvalue weighted by molar-refractivity contribution is 7.99. The molecule has 2 aromatic rings. The van der Waals surface area contributed by atoms with Crippen molar-refractivity contribution in [3.63, 3.8) is 0 Å². The van der Waals surface area contributed by atoms with Crippen LogP contribution in [0.5, 0.6) is 0 Å². The zero-order valence-corrected chi connectivity index (χ0v) is 15.3. The fraction of sp³-hybridized carbons (Fsp3) is 0.389. The van der Waals surface area contributed by atoms with E-state index in [2.05, 4.69) is 15.5 Å². The van der Waals surface area contributed by atoms with Crippen LogP contribution in [0, 0.1) is 0 Å². The molecule has 27 heavy (non-hydrogen) atoms. The molecule has 0 saturated carbocycles. The molecule has 1 aromatic heterocycles. The van der Waals surface area contributed by atoms with Gasteiger partial charge in [-0.15, -0.1) is 0 Å². The molecule has 146 valence electrons. The van der Waals surface area contributed by atoms with Crippen LogP contribution in [0.1, 0.15) is 17.2 Å². The number of hydrogen-bond donors (Lipinski definition) is 2. The minimum Gasteiger partial charge on any atom is -0.472 e. The van der Waals surface area contributed by atoms with Crippen molar-refractivity contribution < 1.29 is 22.4 Å². The van der Waals surface area contributed by atoms with Gasteiger partial charge in [0.05, 0.1) is 29.8 Å². The first-order chi connectivity index (χ1) is 12.9. The second-order valence-corrected chi connectivity index (χ2v) is 7.32. The second kappa shape index (κ2) is 8.71. The molecule has 2 N–H and O–H groups in total. The summed E-state index contributed by atoms with van der Waals surface area (Å²) in [4.78, 5) is 14.5. The van der Waals surface area contributed by atoms with E-state index in [-0.39, 0.29) is 18.3 Å². The van der Waals surface area contributed by atoms with Crippen LogP contribution in [0.25, 0.3) is 0 Å². The third-order valence-electron chi connectivity index (χ3n) is 4.35. The van der Waals surface area contributed by atoms with Gasteiger partial charge in [-0.3, -0.25) is 4.90 Å². The van der Waals surface area contributed by atoms with Crippen LogP contribution >= 0.6 is 11.8 Å². The lowest BCUT2D eigenvalue weighted by Gasteiger charge is -2.34. The number of hydrogen-bond acceptors (Lipinski definition) is 4. The first-order valence-corrected chi connectivity index (χ1v) is 9.65. The van der Waals surface area contributed by atoms with E-state index in [0.717, 1.165) is 36.2 Å². The number of carbonyl (C=O) groups is 1. The zero-order valence-electron chi connectivity index (χ0n) is 14.5. The number of thioether (sulfide) groups is 1. The Morgan fingerprint density at radius 3 is 2.63 bits per heavy atom. The van der Waals surface area contributed by atoms with Crippen molar-refractivity contribution in [2.24, 2.45) is 0 Å². The molecule has 1 aliphatic rings. The average Bonchev–Trinajstić information content (AvgIpc) is 3.17. The van der Waals surface area contributed by atoms with Gasteiger partial charge in [-0.25, -0.2) is 4.79 Å². The number of amides is 2. The smallest absolute Gasteiger partial charge is 0.418 e. The summed E-state index contributed by atoms with van der Waals surface area (Å²) in [6, 6.07) is 5.98. The van der Waals surface area contributed by atoms with Crippen molar-refractivity contribution >= 4 is 23.5 Å². The fourth-order valence-electron chi connectivity index (χ4n) is 3.01. The number of benzene rings is 1.